The number of ether oxygens (including phenoxy) is 1. The molecule has 1 aliphatic rings. The molecule has 2 heterocycles. The lowest BCUT2D eigenvalue weighted by Gasteiger charge is -2.15. The van der Waals surface area contributed by atoms with E-state index in [-0.39, 0.29) is 18.4 Å². The summed E-state index contributed by atoms with van der Waals surface area (Å²) in [6, 6.07) is 10.6. The molecule has 0 bridgehead atoms. The maximum absolute atomic E-state index is 12.0. The van der Waals surface area contributed by atoms with Crippen LogP contribution in [0.25, 0.3) is 0 Å². The van der Waals surface area contributed by atoms with Gasteiger partial charge in [0.1, 0.15) is 5.75 Å². The second-order valence-electron chi connectivity index (χ2n) is 6.28. The number of nitrogens with one attached hydrogen (secondary N) is 1. The number of nitrogens with zero attached hydrogens (tertiary/aromatic N) is 3. The number of hydrogen-bond acceptors (Lipinski definition) is 5. The highest BCUT2D eigenvalue weighted by Gasteiger charge is 2.18. The molecule has 1 saturated heterocycles. The van der Waals surface area contributed by atoms with Crippen LogP contribution in [0.15, 0.2) is 53.9 Å². The Hall–Kier alpha value is -3.22. The summed E-state index contributed by atoms with van der Waals surface area (Å²) in [5.74, 6) is 0.328. The molecule has 1 aromatic carbocycles. The third-order valence-electron chi connectivity index (χ3n) is 4.34. The smallest absolute Gasteiger partial charge is 0.272 e. The zero-order valence-corrected chi connectivity index (χ0v) is 15.2. The summed E-state index contributed by atoms with van der Waals surface area (Å²) in [5, 5.41) is 4.11. The second kappa shape index (κ2) is 8.93. The minimum Gasteiger partial charge on any atom is -0.484 e. The van der Waals surface area contributed by atoms with Gasteiger partial charge < -0.3 is 9.64 Å². The first-order valence-electron chi connectivity index (χ1n) is 8.89. The number of rotatable bonds is 6. The quantitative estimate of drug-likeness (QED) is 0.628. The van der Waals surface area contributed by atoms with Crippen LogP contribution in [0.4, 0.5) is 0 Å². The van der Waals surface area contributed by atoms with Crippen LogP contribution in [0.1, 0.15) is 35.7 Å². The van der Waals surface area contributed by atoms with Crippen LogP contribution in [0.3, 0.4) is 0 Å². The highest BCUT2D eigenvalue weighted by Crippen LogP contribution is 2.14. The van der Waals surface area contributed by atoms with Crippen molar-refractivity contribution in [2.45, 2.75) is 19.8 Å². The SMILES string of the molecule is C/C(=N/NC(=O)c1cccnc1)c1ccc(OCC(=O)N2CCCC2)cc1. The lowest BCUT2D eigenvalue weighted by molar-refractivity contribution is -0.132. The Labute approximate surface area is 158 Å². The fourth-order valence-electron chi connectivity index (χ4n) is 2.76. The predicted molar refractivity (Wildman–Crippen MR) is 102 cm³/mol. The maximum Gasteiger partial charge on any atom is 0.272 e. The monoisotopic (exact) mass is 366 g/mol. The minimum atomic E-state index is -0.317. The minimum absolute atomic E-state index is 0.0208. The van der Waals surface area contributed by atoms with Gasteiger partial charge in [0.2, 0.25) is 0 Å². The molecule has 0 unspecified atom stereocenters. The summed E-state index contributed by atoms with van der Waals surface area (Å²) < 4.78 is 5.56. The van der Waals surface area contributed by atoms with E-state index in [1.54, 1.807) is 37.4 Å². The van der Waals surface area contributed by atoms with E-state index in [0.717, 1.165) is 31.5 Å². The number of amides is 2. The van der Waals surface area contributed by atoms with E-state index >= 15 is 0 Å². The average Bonchev–Trinajstić information content (AvgIpc) is 3.26. The molecule has 2 aromatic rings. The Morgan fingerprint density at radius 3 is 2.56 bits per heavy atom. The molecule has 0 aliphatic carbocycles. The summed E-state index contributed by atoms with van der Waals surface area (Å²) in [4.78, 5) is 29.7. The van der Waals surface area contributed by atoms with Gasteiger partial charge in [-0.1, -0.05) is 0 Å². The number of hydrazone groups is 1. The van der Waals surface area contributed by atoms with E-state index in [2.05, 4.69) is 15.5 Å². The van der Waals surface area contributed by atoms with Crippen LogP contribution in [-0.4, -0.2) is 47.1 Å². The van der Waals surface area contributed by atoms with E-state index in [0.29, 0.717) is 17.0 Å². The van der Waals surface area contributed by atoms with Crippen molar-refractivity contribution in [2.24, 2.45) is 5.10 Å². The number of pyridine rings is 1. The van der Waals surface area contributed by atoms with Crippen molar-refractivity contribution in [3.63, 3.8) is 0 Å². The topological polar surface area (TPSA) is 83.9 Å². The van der Waals surface area contributed by atoms with Gasteiger partial charge in [-0.05, 0) is 61.7 Å². The first-order chi connectivity index (χ1) is 13.1. The fourth-order valence-corrected chi connectivity index (χ4v) is 2.76. The molecule has 3 rings (SSSR count). The van der Waals surface area contributed by atoms with Gasteiger partial charge in [0.25, 0.3) is 11.8 Å². The summed E-state index contributed by atoms with van der Waals surface area (Å²) in [5.41, 5.74) is 4.46. The van der Waals surface area contributed by atoms with Crippen molar-refractivity contribution >= 4 is 17.5 Å². The summed E-state index contributed by atoms with van der Waals surface area (Å²) in [6.45, 7) is 3.49. The van der Waals surface area contributed by atoms with Crippen molar-refractivity contribution in [1.29, 1.82) is 0 Å². The summed E-state index contributed by atoms with van der Waals surface area (Å²) in [6.07, 6.45) is 5.22. The predicted octanol–water partition coefficient (Wildman–Crippen LogP) is 2.24. The van der Waals surface area contributed by atoms with Crippen LogP contribution in [0.5, 0.6) is 5.75 Å². The van der Waals surface area contributed by atoms with E-state index in [4.69, 9.17) is 4.74 Å². The van der Waals surface area contributed by atoms with Gasteiger partial charge in [0.15, 0.2) is 6.61 Å². The van der Waals surface area contributed by atoms with Gasteiger partial charge in [-0.2, -0.15) is 5.10 Å². The number of carbonyl (C=O) groups excluding carboxylic acids is 2. The van der Waals surface area contributed by atoms with Gasteiger partial charge in [0.05, 0.1) is 11.3 Å². The molecule has 1 fully saturated rings. The zero-order valence-electron chi connectivity index (χ0n) is 15.2. The molecule has 7 heteroatoms. The van der Waals surface area contributed by atoms with Crippen LogP contribution >= 0.6 is 0 Å². The summed E-state index contributed by atoms with van der Waals surface area (Å²) in [7, 11) is 0. The molecule has 1 aromatic heterocycles. The van der Waals surface area contributed by atoms with E-state index in [1.165, 1.54) is 6.20 Å². The van der Waals surface area contributed by atoms with Gasteiger partial charge in [-0.15, -0.1) is 0 Å². The number of aromatic nitrogens is 1. The first-order valence-corrected chi connectivity index (χ1v) is 8.89. The molecule has 0 saturated carbocycles. The highest BCUT2D eigenvalue weighted by atomic mass is 16.5. The van der Waals surface area contributed by atoms with E-state index in [1.807, 2.05) is 17.0 Å². The maximum atomic E-state index is 12.0. The Morgan fingerprint density at radius 2 is 1.89 bits per heavy atom. The molecule has 7 nitrogen and oxygen atoms in total. The normalized spacial score (nSPS) is 14.1. The fraction of sp³-hybridized carbons (Fsp3) is 0.300. The lowest BCUT2D eigenvalue weighted by atomic mass is 10.1. The van der Waals surface area contributed by atoms with Gasteiger partial charge in [-0.3, -0.25) is 14.6 Å². The standard InChI is InChI=1S/C20H22N4O3/c1-15(22-23-20(26)17-5-4-10-21-13-17)16-6-8-18(9-7-16)27-14-19(25)24-11-2-3-12-24/h4-10,13H,2-3,11-12,14H2,1H3,(H,23,26)/b22-15-. The van der Waals surface area contributed by atoms with Crippen LogP contribution in [-0.2, 0) is 4.79 Å². The molecule has 2 amide bonds. The van der Waals surface area contributed by atoms with Gasteiger partial charge in [0, 0.05) is 25.5 Å². The number of likely N-dealkylation sites (tertiary alicyclic amines) is 1. The van der Waals surface area contributed by atoms with Gasteiger partial charge in [-0.25, -0.2) is 5.43 Å². The van der Waals surface area contributed by atoms with Gasteiger partial charge >= 0.3 is 0 Å². The molecule has 140 valence electrons. The average molecular weight is 366 g/mol. The van der Waals surface area contributed by atoms with Crippen molar-refractivity contribution in [3.05, 3.63) is 59.9 Å². The molecular weight excluding hydrogens is 344 g/mol. The number of hydrogen-bond donors (Lipinski definition) is 1. The molecule has 1 N–H and O–H groups in total. The Bertz CT molecular complexity index is 813. The van der Waals surface area contributed by atoms with Crippen molar-refractivity contribution in [2.75, 3.05) is 19.7 Å². The van der Waals surface area contributed by atoms with E-state index < -0.39 is 0 Å². The third kappa shape index (κ3) is 5.13. The van der Waals surface area contributed by atoms with Crippen LogP contribution in [0.2, 0.25) is 0 Å². The number of carbonyl (C=O) groups is 2. The molecule has 0 spiro atoms. The molecule has 27 heavy (non-hydrogen) atoms. The third-order valence-corrected chi connectivity index (χ3v) is 4.34. The van der Waals surface area contributed by atoms with Crippen LogP contribution < -0.4 is 10.2 Å². The zero-order chi connectivity index (χ0) is 19.1. The Morgan fingerprint density at radius 1 is 1.15 bits per heavy atom. The van der Waals surface area contributed by atoms with Crippen molar-refractivity contribution in [3.8, 4) is 5.75 Å². The Balaban J connectivity index is 1.52. The van der Waals surface area contributed by atoms with E-state index in [9.17, 15) is 9.59 Å². The van der Waals surface area contributed by atoms with Crippen molar-refractivity contribution < 1.29 is 14.3 Å². The molecule has 0 radical (unpaired) electrons. The largest absolute Gasteiger partial charge is 0.484 e. The number of benzene rings is 1. The Kier molecular flexibility index (Phi) is 6.14. The molecule has 1 aliphatic heterocycles. The highest BCUT2D eigenvalue weighted by molar-refractivity contribution is 6.00. The first kappa shape index (κ1) is 18.6. The van der Waals surface area contributed by atoms with Crippen LogP contribution in [0, 0.1) is 0 Å². The van der Waals surface area contributed by atoms with Crippen molar-refractivity contribution in [1.82, 2.24) is 15.3 Å². The molecule has 0 atom stereocenters. The second-order valence-corrected chi connectivity index (χ2v) is 6.28. The summed E-state index contributed by atoms with van der Waals surface area (Å²) >= 11 is 0. The lowest BCUT2D eigenvalue weighted by Crippen LogP contribution is -2.32. The molecular formula is C20H22N4O3.